The van der Waals surface area contributed by atoms with E-state index in [1.165, 1.54) is 0 Å². The topological polar surface area (TPSA) is 0 Å². The van der Waals surface area contributed by atoms with Crippen LogP contribution in [0.5, 0.6) is 0 Å². The van der Waals surface area contributed by atoms with Crippen molar-refractivity contribution in [3.8, 4) is 12.3 Å². The fourth-order valence-corrected chi connectivity index (χ4v) is 25.8. The number of halogens is 1. The van der Waals surface area contributed by atoms with Gasteiger partial charge in [-0.15, -0.1) is 12.3 Å². The van der Waals surface area contributed by atoms with Crippen molar-refractivity contribution in [1.29, 1.82) is 0 Å². The molecule has 0 spiro atoms. The summed E-state index contributed by atoms with van der Waals surface area (Å²) in [6, 6.07) is 0. The van der Waals surface area contributed by atoms with Gasteiger partial charge in [0.05, 0.1) is 16.1 Å². The molecule has 0 aromatic rings. The lowest BCUT2D eigenvalue weighted by molar-refractivity contribution is 1.45. The van der Waals surface area contributed by atoms with Gasteiger partial charge in [-0.05, 0) is 4.91 Å². The Hall–Kier alpha value is 0.714. The zero-order valence-corrected chi connectivity index (χ0v) is 13.8. The number of hydrogen-bond donors (Lipinski definition) is 0. The molecule has 0 aliphatic rings. The van der Waals surface area contributed by atoms with Gasteiger partial charge < -0.3 is 0 Å². The summed E-state index contributed by atoms with van der Waals surface area (Å²) in [4.78, 5) is 0.766. The Balaban J connectivity index is 4.86. The molecule has 0 aliphatic heterocycles. The number of rotatable bonds is 4. The molecular formula is C10H22ClPSi2. The molecule has 0 fully saturated rings. The van der Waals surface area contributed by atoms with Crippen molar-refractivity contribution >= 4 is 34.7 Å². The molecule has 0 amide bonds. The van der Waals surface area contributed by atoms with Crippen LogP contribution in [0.4, 0.5) is 0 Å². The lowest BCUT2D eigenvalue weighted by atomic mass is 10.8. The molecule has 0 saturated carbocycles. The van der Waals surface area contributed by atoms with Crippen LogP contribution in [0.25, 0.3) is 0 Å². The molecule has 0 saturated heterocycles. The van der Waals surface area contributed by atoms with Gasteiger partial charge >= 0.3 is 0 Å². The molecule has 0 nitrogen and oxygen atoms in total. The molecule has 4 heteroatoms. The first kappa shape index (κ1) is 14.7. The molecule has 1 unspecified atom stereocenters. The van der Waals surface area contributed by atoms with Crippen molar-refractivity contribution in [1.82, 2.24) is 0 Å². The molecule has 0 aliphatic carbocycles. The molecule has 0 heterocycles. The van der Waals surface area contributed by atoms with E-state index in [0.717, 1.165) is 11.1 Å². The maximum atomic E-state index is 6.51. The maximum absolute atomic E-state index is 6.51. The molecule has 82 valence electrons. The van der Waals surface area contributed by atoms with E-state index >= 15 is 0 Å². The second-order valence-corrected chi connectivity index (χ2v) is 21.0. The largest absolute Gasteiger partial charge is 0.120 e. The standard InChI is InChI=1S/C10H22ClPSi2/c1-8-9-12(11)10(13(2,3)4)14(5,6)7/h1,10H,9H2,2-7H3. The monoisotopic (exact) mass is 264 g/mol. The van der Waals surface area contributed by atoms with E-state index in [-0.39, 0.29) is 0 Å². The fraction of sp³-hybridized carbons (Fsp3) is 0.800. The van der Waals surface area contributed by atoms with Crippen LogP contribution < -0.4 is 0 Å². The average molecular weight is 265 g/mol. The minimum Gasteiger partial charge on any atom is -0.120 e. The third-order valence-corrected chi connectivity index (χ3v) is 20.1. The molecule has 0 bridgehead atoms. The van der Waals surface area contributed by atoms with Crippen LogP contribution >= 0.6 is 18.5 Å². The van der Waals surface area contributed by atoms with E-state index in [9.17, 15) is 0 Å². The van der Waals surface area contributed by atoms with Gasteiger partial charge in [-0.25, -0.2) is 0 Å². The lowest BCUT2D eigenvalue weighted by Crippen LogP contribution is -2.52. The van der Waals surface area contributed by atoms with Crippen molar-refractivity contribution < 1.29 is 0 Å². The Morgan fingerprint density at radius 2 is 1.50 bits per heavy atom. The van der Waals surface area contributed by atoms with E-state index in [2.05, 4.69) is 45.2 Å². The summed E-state index contributed by atoms with van der Waals surface area (Å²) >= 11 is 6.51. The minimum absolute atomic E-state index is 0.461. The highest BCUT2D eigenvalue weighted by molar-refractivity contribution is 7.88. The summed E-state index contributed by atoms with van der Waals surface area (Å²) in [7, 11) is -2.78. The fourth-order valence-electron chi connectivity index (χ4n) is 2.32. The molecule has 0 aromatic heterocycles. The molecule has 0 aromatic carbocycles. The van der Waals surface area contributed by atoms with E-state index in [1.54, 1.807) is 0 Å². The maximum Gasteiger partial charge on any atom is 0.0506 e. The van der Waals surface area contributed by atoms with Crippen molar-refractivity contribution in [3.63, 3.8) is 0 Å². The lowest BCUT2D eigenvalue weighted by Gasteiger charge is -2.40. The Labute approximate surface area is 97.4 Å². The minimum atomic E-state index is -1.16. The first-order valence-corrected chi connectivity index (χ1v) is 14.6. The highest BCUT2D eigenvalue weighted by Gasteiger charge is 2.41. The van der Waals surface area contributed by atoms with Crippen LogP contribution in [0.3, 0.4) is 0 Å². The summed E-state index contributed by atoms with van der Waals surface area (Å²) in [5.74, 6) is 2.73. The molecular weight excluding hydrogens is 243 g/mol. The van der Waals surface area contributed by atoms with Crippen LogP contribution in [0.15, 0.2) is 0 Å². The first-order chi connectivity index (χ1) is 6.10. The molecule has 0 N–H and O–H groups in total. The van der Waals surface area contributed by atoms with Crippen molar-refractivity contribution in [3.05, 3.63) is 0 Å². The van der Waals surface area contributed by atoms with E-state index in [0.29, 0.717) is 0 Å². The predicted molar refractivity (Wildman–Crippen MR) is 77.0 cm³/mol. The molecule has 14 heavy (non-hydrogen) atoms. The Morgan fingerprint density at radius 3 is 1.71 bits per heavy atom. The van der Waals surface area contributed by atoms with Gasteiger partial charge in [0, 0.05) is 13.4 Å². The summed E-state index contributed by atoms with van der Waals surface area (Å²) in [6.45, 7) is 14.5. The Kier molecular flexibility index (Phi) is 5.43. The van der Waals surface area contributed by atoms with Crippen LogP contribution in [-0.2, 0) is 0 Å². The van der Waals surface area contributed by atoms with Gasteiger partial charge in [0.25, 0.3) is 0 Å². The third-order valence-electron chi connectivity index (χ3n) is 2.16. The van der Waals surface area contributed by atoms with Gasteiger partial charge in [-0.1, -0.05) is 50.5 Å². The summed E-state index contributed by atoms with van der Waals surface area (Å²) in [6.07, 6.45) is 6.15. The van der Waals surface area contributed by atoms with E-state index in [1.807, 2.05) is 0 Å². The summed E-state index contributed by atoms with van der Waals surface area (Å²) < 4.78 is 0. The van der Waals surface area contributed by atoms with Gasteiger partial charge in [0.15, 0.2) is 0 Å². The zero-order valence-electron chi connectivity index (χ0n) is 10.2. The Morgan fingerprint density at radius 1 is 1.14 bits per heavy atom. The quantitative estimate of drug-likeness (QED) is 0.402. The van der Waals surface area contributed by atoms with E-state index < -0.39 is 23.4 Å². The normalized spacial score (nSPS) is 15.4. The van der Waals surface area contributed by atoms with Crippen molar-refractivity contribution in [2.45, 2.75) is 44.2 Å². The van der Waals surface area contributed by atoms with Crippen LogP contribution in [-0.4, -0.2) is 27.2 Å². The smallest absolute Gasteiger partial charge is 0.0506 e. The van der Waals surface area contributed by atoms with Gasteiger partial charge in [-0.3, -0.25) is 0 Å². The molecule has 0 radical (unpaired) electrons. The first-order valence-electron chi connectivity index (χ1n) is 4.96. The Bertz CT molecular complexity index is 208. The average Bonchev–Trinajstić information content (AvgIpc) is 1.78. The van der Waals surface area contributed by atoms with Crippen LogP contribution in [0.1, 0.15) is 0 Å². The highest BCUT2D eigenvalue weighted by atomic mass is 35.7. The van der Waals surface area contributed by atoms with Gasteiger partial charge in [-0.2, -0.15) is 0 Å². The van der Waals surface area contributed by atoms with Crippen LogP contribution in [0.2, 0.25) is 39.3 Å². The molecule has 1 atom stereocenters. The van der Waals surface area contributed by atoms with Gasteiger partial charge in [0.2, 0.25) is 0 Å². The second-order valence-electron chi connectivity index (χ2n) is 5.90. The SMILES string of the molecule is C#CCP(Cl)C([Si](C)(C)C)[Si](C)(C)C. The predicted octanol–water partition coefficient (Wildman–Crippen LogP) is 4.38. The van der Waals surface area contributed by atoms with Crippen molar-refractivity contribution in [2.24, 2.45) is 0 Å². The zero-order chi connectivity index (χ0) is 11.6. The van der Waals surface area contributed by atoms with Gasteiger partial charge in [0.1, 0.15) is 0 Å². The molecule has 0 rings (SSSR count). The van der Waals surface area contributed by atoms with Crippen LogP contribution in [0, 0.1) is 12.3 Å². The third kappa shape index (κ3) is 4.49. The summed E-state index contributed by atoms with van der Waals surface area (Å²) in [5.41, 5.74) is 0. The van der Waals surface area contributed by atoms with Crippen molar-refractivity contribution in [2.75, 3.05) is 6.16 Å². The second kappa shape index (κ2) is 5.17. The number of terminal acetylenes is 1. The summed E-state index contributed by atoms with van der Waals surface area (Å²) in [5, 5.41) is 0. The van der Waals surface area contributed by atoms with E-state index in [4.69, 9.17) is 17.7 Å². The highest BCUT2D eigenvalue weighted by Crippen LogP contribution is 2.53. The number of hydrogen-bond acceptors (Lipinski definition) is 0.